The van der Waals surface area contributed by atoms with Crippen molar-refractivity contribution >= 4 is 5.97 Å². The van der Waals surface area contributed by atoms with E-state index in [1.54, 1.807) is 13.0 Å². The molecule has 1 aromatic heterocycles. The second kappa shape index (κ2) is 5.19. The lowest BCUT2D eigenvalue weighted by atomic mass is 10.4. The van der Waals surface area contributed by atoms with Gasteiger partial charge in [0.25, 0.3) is 0 Å². The molecule has 0 N–H and O–H groups in total. The number of rotatable bonds is 4. The lowest BCUT2D eigenvalue weighted by molar-refractivity contribution is -0.139. The first-order valence-electron chi connectivity index (χ1n) is 4.56. The van der Waals surface area contributed by atoms with E-state index in [-0.39, 0.29) is 12.4 Å². The van der Waals surface area contributed by atoms with Crippen LogP contribution in [0.1, 0.15) is 24.9 Å². The summed E-state index contributed by atoms with van der Waals surface area (Å²) in [4.78, 5) is 21.7. The molecule has 0 aliphatic rings. The second-order valence-corrected chi connectivity index (χ2v) is 2.85. The molecule has 1 aromatic rings. The Labute approximate surface area is 86.3 Å². The molecule has 0 atom stereocenters. The van der Waals surface area contributed by atoms with Crippen molar-refractivity contribution in [2.24, 2.45) is 0 Å². The molecule has 0 bridgehead atoms. The van der Waals surface area contributed by atoms with Crippen molar-refractivity contribution in [3.05, 3.63) is 34.3 Å². The zero-order valence-electron chi connectivity index (χ0n) is 8.61. The summed E-state index contributed by atoms with van der Waals surface area (Å²) in [5.74, 6) is -0.701. The van der Waals surface area contributed by atoms with Crippen LogP contribution in [0.25, 0.3) is 0 Å². The van der Waals surface area contributed by atoms with Gasteiger partial charge in [-0.3, -0.25) is 0 Å². The molecule has 0 aliphatic carbocycles. The predicted octanol–water partition coefficient (Wildman–Crippen LogP) is 1.55. The molecule has 0 fully saturated rings. The Morgan fingerprint density at radius 2 is 2.20 bits per heavy atom. The minimum absolute atomic E-state index is 0.0928. The third-order valence-corrected chi connectivity index (χ3v) is 1.67. The highest BCUT2D eigenvalue weighted by Crippen LogP contribution is 2.06. The van der Waals surface area contributed by atoms with Crippen LogP contribution >= 0.6 is 0 Å². The maximum Gasteiger partial charge on any atom is 0.519 e. The molecule has 1 rings (SSSR count). The summed E-state index contributed by atoms with van der Waals surface area (Å²) >= 11 is 0. The van der Waals surface area contributed by atoms with E-state index < -0.39 is 11.8 Å². The van der Waals surface area contributed by atoms with Gasteiger partial charge in [0.05, 0.1) is 0 Å². The third kappa shape index (κ3) is 3.46. The first-order valence-corrected chi connectivity index (χ1v) is 4.56. The number of hydrogen-bond acceptors (Lipinski definition) is 5. The predicted molar refractivity (Wildman–Crippen MR) is 51.2 cm³/mol. The van der Waals surface area contributed by atoms with Crippen LogP contribution in [-0.4, -0.2) is 5.97 Å². The number of ether oxygens (including phenoxy) is 1. The molecule has 0 aromatic carbocycles. The van der Waals surface area contributed by atoms with Crippen molar-refractivity contribution in [2.75, 3.05) is 0 Å². The fourth-order valence-corrected chi connectivity index (χ4v) is 0.905. The molecule has 5 heteroatoms. The van der Waals surface area contributed by atoms with Crippen LogP contribution in [0.4, 0.5) is 0 Å². The molecule has 0 saturated carbocycles. The Bertz CT molecular complexity index is 410. The fraction of sp³-hybridized carbons (Fsp3) is 0.400. The molecule has 0 aliphatic heterocycles. The van der Waals surface area contributed by atoms with Gasteiger partial charge in [-0.05, 0) is 13.3 Å². The van der Waals surface area contributed by atoms with Crippen LogP contribution < -0.4 is 5.82 Å². The molecule has 15 heavy (non-hydrogen) atoms. The van der Waals surface area contributed by atoms with Crippen molar-refractivity contribution in [1.29, 1.82) is 0 Å². The maximum atomic E-state index is 11.0. The molecular weight excluding hydrogens is 200 g/mol. The summed E-state index contributed by atoms with van der Waals surface area (Å²) < 4.78 is 14.0. The van der Waals surface area contributed by atoms with Crippen LogP contribution in [0.2, 0.25) is 0 Å². The van der Waals surface area contributed by atoms with Crippen molar-refractivity contribution in [3.63, 3.8) is 0 Å². The highest BCUT2D eigenvalue weighted by molar-refractivity contribution is 5.81. The van der Waals surface area contributed by atoms with Gasteiger partial charge >= 0.3 is 11.8 Å². The Balaban J connectivity index is 2.50. The quantitative estimate of drug-likeness (QED) is 0.559. The zero-order chi connectivity index (χ0) is 11.3. The maximum absolute atomic E-state index is 11.0. The highest BCUT2D eigenvalue weighted by Gasteiger charge is 2.09. The minimum Gasteiger partial charge on any atom is -0.454 e. The van der Waals surface area contributed by atoms with E-state index in [1.165, 1.54) is 6.08 Å². The number of allylic oxidation sites excluding steroid dienone is 1. The van der Waals surface area contributed by atoms with E-state index in [0.717, 1.165) is 6.42 Å². The van der Waals surface area contributed by atoms with Gasteiger partial charge in [0.15, 0.2) is 18.1 Å². The number of hydrogen-bond donors (Lipinski definition) is 0. The minimum atomic E-state index is -0.789. The standard InChI is InChI=1S/C10H12O5/c1-3-4-5-9(11)13-6-8-7(2)14-10(12)15-8/h4-5H,3,6H2,1-2H3. The van der Waals surface area contributed by atoms with Crippen molar-refractivity contribution in [2.45, 2.75) is 26.9 Å². The van der Waals surface area contributed by atoms with Gasteiger partial charge in [0.1, 0.15) is 0 Å². The van der Waals surface area contributed by atoms with Gasteiger partial charge in [-0.2, -0.15) is 0 Å². The van der Waals surface area contributed by atoms with Crippen LogP contribution in [0.3, 0.4) is 0 Å². The van der Waals surface area contributed by atoms with Crippen molar-refractivity contribution in [1.82, 2.24) is 0 Å². The molecule has 0 unspecified atom stereocenters. The van der Waals surface area contributed by atoms with E-state index in [0.29, 0.717) is 5.76 Å². The molecule has 82 valence electrons. The summed E-state index contributed by atoms with van der Waals surface area (Å²) in [5, 5.41) is 0. The number of carbonyl (C=O) groups is 1. The van der Waals surface area contributed by atoms with Gasteiger partial charge in [-0.15, -0.1) is 0 Å². The largest absolute Gasteiger partial charge is 0.519 e. The number of carbonyl (C=O) groups excluding carboxylic acids is 1. The molecule has 0 radical (unpaired) electrons. The fourth-order valence-electron chi connectivity index (χ4n) is 0.905. The Kier molecular flexibility index (Phi) is 3.91. The molecule has 5 nitrogen and oxygen atoms in total. The van der Waals surface area contributed by atoms with E-state index in [9.17, 15) is 9.59 Å². The van der Waals surface area contributed by atoms with Gasteiger partial charge in [0, 0.05) is 6.08 Å². The van der Waals surface area contributed by atoms with Crippen LogP contribution in [0.15, 0.2) is 25.8 Å². The summed E-state index contributed by atoms with van der Waals surface area (Å²) in [6.45, 7) is 3.38. The van der Waals surface area contributed by atoms with Crippen molar-refractivity contribution < 1.29 is 18.4 Å². The molecule has 0 saturated heterocycles. The van der Waals surface area contributed by atoms with E-state index in [4.69, 9.17) is 4.74 Å². The average Bonchev–Trinajstić information content (AvgIpc) is 2.51. The topological polar surface area (TPSA) is 69.7 Å². The van der Waals surface area contributed by atoms with E-state index >= 15 is 0 Å². The van der Waals surface area contributed by atoms with Gasteiger partial charge in [-0.25, -0.2) is 9.59 Å². The SMILES string of the molecule is CCC=CC(=O)OCc1oc(=O)oc1C. The van der Waals surface area contributed by atoms with Crippen LogP contribution in [0.5, 0.6) is 0 Å². The third-order valence-electron chi connectivity index (χ3n) is 1.67. The Hall–Kier alpha value is -1.78. The lowest BCUT2D eigenvalue weighted by Gasteiger charge is -1.97. The highest BCUT2D eigenvalue weighted by atomic mass is 16.6. The molecule has 1 heterocycles. The summed E-state index contributed by atoms with van der Waals surface area (Å²) in [5.41, 5.74) is 0. The summed E-state index contributed by atoms with van der Waals surface area (Å²) in [6.07, 6.45) is 3.77. The number of aryl methyl sites for hydroxylation is 1. The molecule has 0 spiro atoms. The second-order valence-electron chi connectivity index (χ2n) is 2.85. The zero-order valence-corrected chi connectivity index (χ0v) is 8.61. The van der Waals surface area contributed by atoms with Crippen LogP contribution in [0, 0.1) is 6.92 Å². The normalized spacial score (nSPS) is 10.8. The van der Waals surface area contributed by atoms with Gasteiger partial charge in [0.2, 0.25) is 0 Å². The monoisotopic (exact) mass is 212 g/mol. The van der Waals surface area contributed by atoms with E-state index in [2.05, 4.69) is 8.83 Å². The summed E-state index contributed by atoms with van der Waals surface area (Å²) in [6, 6.07) is 0. The first-order chi connectivity index (χ1) is 7.13. The van der Waals surface area contributed by atoms with Gasteiger partial charge < -0.3 is 13.6 Å². The van der Waals surface area contributed by atoms with Gasteiger partial charge in [-0.1, -0.05) is 13.0 Å². The van der Waals surface area contributed by atoms with Crippen LogP contribution in [-0.2, 0) is 16.1 Å². The Morgan fingerprint density at radius 1 is 1.47 bits per heavy atom. The smallest absolute Gasteiger partial charge is 0.454 e. The lowest BCUT2D eigenvalue weighted by Crippen LogP contribution is -2.01. The Morgan fingerprint density at radius 3 is 2.73 bits per heavy atom. The van der Waals surface area contributed by atoms with E-state index in [1.807, 2.05) is 6.92 Å². The summed E-state index contributed by atoms with van der Waals surface area (Å²) in [7, 11) is 0. The number of esters is 1. The first kappa shape index (κ1) is 11.3. The van der Waals surface area contributed by atoms with Crippen molar-refractivity contribution in [3.8, 4) is 0 Å². The molecular formula is C10H12O5. The molecule has 0 amide bonds. The average molecular weight is 212 g/mol.